The van der Waals surface area contributed by atoms with Gasteiger partial charge in [-0.05, 0) is 6.07 Å². The molecule has 0 aliphatic rings. The zero-order chi connectivity index (χ0) is 17.1. The topological polar surface area (TPSA) is 75.3 Å². The second kappa shape index (κ2) is 6.70. The summed E-state index contributed by atoms with van der Waals surface area (Å²) in [6.45, 7) is 0.346. The smallest absolute Gasteiger partial charge is 0.157 e. The molecule has 0 aliphatic heterocycles. The third-order valence-electron chi connectivity index (χ3n) is 3.97. The summed E-state index contributed by atoms with van der Waals surface area (Å²) in [6.07, 6.45) is 4.40. The first kappa shape index (κ1) is 15.3. The Morgan fingerprint density at radius 3 is 2.72 bits per heavy atom. The van der Waals surface area contributed by atoms with Gasteiger partial charge < -0.3 is 10.4 Å². The fraction of sp³-hybridized carbons (Fsp3) is 0.105. The summed E-state index contributed by atoms with van der Waals surface area (Å²) in [5.74, 6) is 0.775. The number of hydrogen-bond acceptors (Lipinski definition) is 5. The van der Waals surface area contributed by atoms with E-state index in [1.807, 2.05) is 54.6 Å². The van der Waals surface area contributed by atoms with E-state index in [9.17, 15) is 5.11 Å². The molecule has 3 heterocycles. The van der Waals surface area contributed by atoms with Gasteiger partial charge in [0.25, 0.3) is 0 Å². The third kappa shape index (κ3) is 3.20. The van der Waals surface area contributed by atoms with E-state index in [1.54, 1.807) is 23.1 Å². The Morgan fingerprint density at radius 2 is 1.92 bits per heavy atom. The second-order valence-electron chi connectivity index (χ2n) is 5.68. The molecule has 0 fully saturated rings. The maximum Gasteiger partial charge on any atom is 0.157 e. The van der Waals surface area contributed by atoms with Crippen molar-refractivity contribution in [2.75, 3.05) is 11.9 Å². The van der Waals surface area contributed by atoms with E-state index in [-0.39, 0.29) is 0 Å². The number of benzene rings is 1. The highest BCUT2D eigenvalue weighted by atomic mass is 16.3. The molecule has 0 spiro atoms. The van der Waals surface area contributed by atoms with Crippen LogP contribution in [-0.2, 0) is 0 Å². The summed E-state index contributed by atoms with van der Waals surface area (Å²) in [7, 11) is 0. The molecular weight excluding hydrogens is 314 g/mol. The molecule has 0 aliphatic carbocycles. The van der Waals surface area contributed by atoms with Gasteiger partial charge in [-0.2, -0.15) is 9.61 Å². The average molecular weight is 331 g/mol. The molecule has 4 rings (SSSR count). The number of aromatic nitrogens is 4. The normalized spacial score (nSPS) is 12.2. The van der Waals surface area contributed by atoms with Crippen LogP contribution in [0.2, 0.25) is 0 Å². The average Bonchev–Trinajstić information content (AvgIpc) is 3.16. The number of fused-ring (bicyclic) bond motifs is 1. The van der Waals surface area contributed by atoms with Gasteiger partial charge >= 0.3 is 0 Å². The molecule has 0 bridgehead atoms. The standard InChI is InChI=1S/C19H17N5O/c25-17(15-7-4-9-20-12-15)13-21-19-11-16(14-5-2-1-3-6-14)23-18-8-10-22-24(18)19/h1-12,17,21,25H,13H2/t17-/m1/s1. The van der Waals surface area contributed by atoms with E-state index >= 15 is 0 Å². The number of anilines is 1. The molecule has 124 valence electrons. The van der Waals surface area contributed by atoms with Crippen molar-refractivity contribution in [3.63, 3.8) is 0 Å². The summed E-state index contributed by atoms with van der Waals surface area (Å²) in [4.78, 5) is 8.68. The molecule has 25 heavy (non-hydrogen) atoms. The molecular formula is C19H17N5O. The van der Waals surface area contributed by atoms with Crippen LogP contribution in [0.3, 0.4) is 0 Å². The highest BCUT2D eigenvalue weighted by Gasteiger charge is 2.11. The summed E-state index contributed by atoms with van der Waals surface area (Å²) >= 11 is 0. The van der Waals surface area contributed by atoms with Crippen LogP contribution in [0.15, 0.2) is 73.2 Å². The van der Waals surface area contributed by atoms with Gasteiger partial charge in [0.05, 0.1) is 18.0 Å². The van der Waals surface area contributed by atoms with Crippen LogP contribution >= 0.6 is 0 Å². The number of pyridine rings is 1. The van der Waals surface area contributed by atoms with Crippen molar-refractivity contribution in [3.8, 4) is 11.3 Å². The van der Waals surface area contributed by atoms with E-state index in [1.165, 1.54) is 0 Å². The van der Waals surface area contributed by atoms with Gasteiger partial charge in [0.2, 0.25) is 0 Å². The Kier molecular flexibility index (Phi) is 4.10. The quantitative estimate of drug-likeness (QED) is 0.588. The molecule has 4 aromatic rings. The van der Waals surface area contributed by atoms with Gasteiger partial charge in [-0.15, -0.1) is 0 Å². The number of nitrogens with one attached hydrogen (secondary N) is 1. The lowest BCUT2D eigenvalue weighted by Gasteiger charge is -2.14. The fourth-order valence-electron chi connectivity index (χ4n) is 2.69. The second-order valence-corrected chi connectivity index (χ2v) is 5.68. The lowest BCUT2D eigenvalue weighted by atomic mass is 10.1. The molecule has 2 N–H and O–H groups in total. The molecule has 6 heteroatoms. The number of nitrogens with zero attached hydrogens (tertiary/aromatic N) is 4. The highest BCUT2D eigenvalue weighted by Crippen LogP contribution is 2.22. The Bertz CT molecular complexity index is 969. The predicted octanol–water partition coefficient (Wildman–Crippen LogP) is 2.94. The molecule has 1 aromatic carbocycles. The van der Waals surface area contributed by atoms with Gasteiger partial charge in [0, 0.05) is 42.2 Å². The Hall–Kier alpha value is -3.25. The van der Waals surface area contributed by atoms with Crippen LogP contribution in [-0.4, -0.2) is 31.2 Å². The SMILES string of the molecule is O[C@H](CNc1cc(-c2ccccc2)nc2ccnn12)c1cccnc1. The lowest BCUT2D eigenvalue weighted by Crippen LogP contribution is -2.15. The number of aliphatic hydroxyl groups excluding tert-OH is 1. The minimum Gasteiger partial charge on any atom is -0.387 e. The largest absolute Gasteiger partial charge is 0.387 e. The molecule has 3 aromatic heterocycles. The first-order valence-electron chi connectivity index (χ1n) is 8.03. The number of aliphatic hydroxyl groups is 1. The van der Waals surface area contributed by atoms with Gasteiger partial charge in [0.15, 0.2) is 5.65 Å². The molecule has 0 radical (unpaired) electrons. The van der Waals surface area contributed by atoms with Crippen LogP contribution in [0, 0.1) is 0 Å². The first-order valence-corrected chi connectivity index (χ1v) is 8.03. The van der Waals surface area contributed by atoms with Gasteiger partial charge in [-0.1, -0.05) is 36.4 Å². The fourth-order valence-corrected chi connectivity index (χ4v) is 2.69. The summed E-state index contributed by atoms with van der Waals surface area (Å²) in [6, 6.07) is 17.4. The molecule has 0 saturated carbocycles. The molecule has 1 atom stereocenters. The number of rotatable bonds is 5. The summed E-state index contributed by atoms with van der Waals surface area (Å²) in [5, 5.41) is 17.9. The van der Waals surface area contributed by atoms with Crippen molar-refractivity contribution in [1.29, 1.82) is 0 Å². The van der Waals surface area contributed by atoms with Crippen molar-refractivity contribution in [3.05, 3.63) is 78.8 Å². The van der Waals surface area contributed by atoms with Crippen molar-refractivity contribution >= 4 is 11.5 Å². The summed E-state index contributed by atoms with van der Waals surface area (Å²) < 4.78 is 1.72. The van der Waals surface area contributed by atoms with E-state index in [0.29, 0.717) is 6.54 Å². The number of hydrogen-bond donors (Lipinski definition) is 2. The molecule has 0 saturated heterocycles. The van der Waals surface area contributed by atoms with Gasteiger partial charge in [-0.3, -0.25) is 4.98 Å². The van der Waals surface area contributed by atoms with Crippen LogP contribution in [0.1, 0.15) is 11.7 Å². The van der Waals surface area contributed by atoms with E-state index in [4.69, 9.17) is 0 Å². The molecule has 6 nitrogen and oxygen atoms in total. The zero-order valence-corrected chi connectivity index (χ0v) is 13.4. The van der Waals surface area contributed by atoms with Crippen LogP contribution < -0.4 is 5.32 Å². The maximum atomic E-state index is 10.3. The van der Waals surface area contributed by atoms with Crippen LogP contribution in [0.5, 0.6) is 0 Å². The van der Waals surface area contributed by atoms with E-state index < -0.39 is 6.10 Å². The van der Waals surface area contributed by atoms with Gasteiger partial charge in [-0.25, -0.2) is 4.98 Å². The van der Waals surface area contributed by atoms with Crippen molar-refractivity contribution in [2.45, 2.75) is 6.10 Å². The Labute approximate surface area is 144 Å². The Morgan fingerprint density at radius 1 is 1.04 bits per heavy atom. The lowest BCUT2D eigenvalue weighted by molar-refractivity contribution is 0.191. The monoisotopic (exact) mass is 331 g/mol. The summed E-state index contributed by atoms with van der Waals surface area (Å²) in [5.41, 5.74) is 3.40. The molecule has 0 unspecified atom stereocenters. The zero-order valence-electron chi connectivity index (χ0n) is 13.4. The minimum absolute atomic E-state index is 0.346. The third-order valence-corrected chi connectivity index (χ3v) is 3.97. The predicted molar refractivity (Wildman–Crippen MR) is 96.1 cm³/mol. The van der Waals surface area contributed by atoms with Crippen LogP contribution in [0.25, 0.3) is 16.9 Å². The van der Waals surface area contributed by atoms with Crippen molar-refractivity contribution in [2.24, 2.45) is 0 Å². The van der Waals surface area contributed by atoms with Gasteiger partial charge in [0.1, 0.15) is 5.82 Å². The highest BCUT2D eigenvalue weighted by molar-refractivity contribution is 5.66. The minimum atomic E-state index is -0.660. The van der Waals surface area contributed by atoms with Crippen LogP contribution in [0.4, 0.5) is 5.82 Å². The Balaban J connectivity index is 1.63. The molecule has 0 amide bonds. The maximum absolute atomic E-state index is 10.3. The van der Waals surface area contributed by atoms with E-state index in [0.717, 1.165) is 28.3 Å². The van der Waals surface area contributed by atoms with E-state index in [2.05, 4.69) is 20.4 Å². The van der Waals surface area contributed by atoms with Crippen molar-refractivity contribution < 1.29 is 5.11 Å². The van der Waals surface area contributed by atoms with Crippen molar-refractivity contribution in [1.82, 2.24) is 19.6 Å². The first-order chi connectivity index (χ1) is 12.3.